The Morgan fingerprint density at radius 1 is 0.795 bits per heavy atom. The number of rotatable bonds is 12. The van der Waals surface area contributed by atoms with Crippen LogP contribution in [-0.4, -0.2) is 66.4 Å². The van der Waals surface area contributed by atoms with Crippen molar-refractivity contribution in [2.45, 2.75) is 54.8 Å². The minimum Gasteiger partial charge on any atom is -0.462 e. The number of carbonyl (C=O) groups is 2. The monoisotopic (exact) mass is 709 g/mol. The number of benzene rings is 1. The number of halogens is 17. The van der Waals surface area contributed by atoms with Crippen LogP contribution in [0.25, 0.3) is 11.1 Å². The third kappa shape index (κ3) is 5.53. The summed E-state index contributed by atoms with van der Waals surface area (Å²) in [6.45, 7) is 0.763. The summed E-state index contributed by atoms with van der Waals surface area (Å²) in [6.07, 6.45) is -5.97. The molecule has 0 aliphatic rings. The molecule has 1 aromatic carbocycles. The van der Waals surface area contributed by atoms with Crippen molar-refractivity contribution in [2.24, 2.45) is 0 Å². The normalized spacial score (nSPS) is 14.2. The summed E-state index contributed by atoms with van der Waals surface area (Å²) in [5.41, 5.74) is -1.19. The summed E-state index contributed by atoms with van der Waals surface area (Å²) in [7, 11) is 0. The molecule has 0 aliphatic carbocycles. The molecule has 0 saturated heterocycles. The van der Waals surface area contributed by atoms with Crippen molar-refractivity contribution in [1.29, 1.82) is 0 Å². The maximum Gasteiger partial charge on any atom is 0.393 e. The van der Waals surface area contributed by atoms with Crippen molar-refractivity contribution in [1.82, 2.24) is 0 Å². The van der Waals surface area contributed by atoms with E-state index in [-0.39, 0.29) is 27.5 Å². The van der Waals surface area contributed by atoms with Crippen LogP contribution in [0.5, 0.6) is 0 Å². The van der Waals surface area contributed by atoms with E-state index < -0.39 is 76.9 Å². The van der Waals surface area contributed by atoms with Gasteiger partial charge >= 0.3 is 59.8 Å². The van der Waals surface area contributed by atoms with Gasteiger partial charge in [-0.3, -0.25) is 4.79 Å². The second-order valence-electron chi connectivity index (χ2n) is 8.41. The molecule has 0 spiro atoms. The number of ether oxygens (including phenoxy) is 1. The van der Waals surface area contributed by atoms with Gasteiger partial charge in [-0.1, -0.05) is 23.7 Å². The molecule has 0 saturated carbocycles. The second kappa shape index (κ2) is 11.8. The zero-order valence-corrected chi connectivity index (χ0v) is 22.3. The predicted molar refractivity (Wildman–Crippen MR) is 120 cm³/mol. The summed E-state index contributed by atoms with van der Waals surface area (Å²) in [4.78, 5) is 24.5. The first kappa shape index (κ1) is 37.2. The van der Waals surface area contributed by atoms with Crippen molar-refractivity contribution in [3.05, 3.63) is 40.2 Å². The van der Waals surface area contributed by atoms with E-state index in [0.29, 0.717) is 0 Å². The minimum absolute atomic E-state index is 0.0150. The van der Waals surface area contributed by atoms with Crippen LogP contribution in [0.4, 0.5) is 75.2 Å². The molecule has 0 fully saturated rings. The average Bonchev–Trinajstić information content (AvgIpc) is 3.31. The van der Waals surface area contributed by atoms with E-state index in [1.807, 2.05) is 0 Å². The van der Waals surface area contributed by atoms with Gasteiger partial charge in [-0.15, -0.1) is 11.3 Å². The van der Waals surface area contributed by atoms with Gasteiger partial charge in [0.15, 0.2) is 0 Å². The first-order valence-corrected chi connectivity index (χ1v) is 12.2. The lowest BCUT2D eigenvalue weighted by Gasteiger charge is -2.42. The predicted octanol–water partition coefficient (Wildman–Crippen LogP) is 8.90. The van der Waals surface area contributed by atoms with Gasteiger partial charge in [-0.25, -0.2) is 13.6 Å². The van der Waals surface area contributed by atoms with Gasteiger partial charge in [0.1, 0.15) is 10.6 Å². The minimum atomic E-state index is -8.66. The Kier molecular flexibility index (Phi) is 9.94. The highest BCUT2D eigenvalue weighted by atomic mass is 35.5. The molecule has 0 aliphatic heterocycles. The van der Waals surface area contributed by atoms with Crippen molar-refractivity contribution >= 4 is 39.8 Å². The van der Waals surface area contributed by atoms with Crippen molar-refractivity contribution in [3.8, 4) is 11.1 Å². The number of hydrogen-bond donors (Lipinski definition) is 1. The highest BCUT2D eigenvalue weighted by molar-refractivity contribution is 7.15. The number of amides is 1. The highest BCUT2D eigenvalue weighted by Gasteiger charge is 2.94. The van der Waals surface area contributed by atoms with E-state index in [4.69, 9.17) is 11.6 Å². The molecule has 1 amide bonds. The Balaban J connectivity index is 2.60. The summed E-state index contributed by atoms with van der Waals surface area (Å²) in [6, 6.07) is 4.82. The SMILES string of the molecule is CCOC(=O)c1c(-c2ccc(Cl)cc2)csc1NC(=O)C(F)(F)C(F)(F)C(F)(F)C(F)(F)C(F)(F)C(F)(F)C(F)(F)C(F)F. The smallest absolute Gasteiger partial charge is 0.393 e. The lowest BCUT2D eigenvalue weighted by atomic mass is 9.89. The van der Waals surface area contributed by atoms with Gasteiger partial charge in [0.25, 0.3) is 0 Å². The Labute approximate surface area is 242 Å². The van der Waals surface area contributed by atoms with Crippen LogP contribution in [0.2, 0.25) is 5.02 Å². The quantitative estimate of drug-likeness (QED) is 0.177. The summed E-state index contributed by atoms with van der Waals surface area (Å²) >= 11 is 5.76. The van der Waals surface area contributed by atoms with Crippen molar-refractivity contribution in [3.63, 3.8) is 0 Å². The molecule has 0 atom stereocenters. The lowest BCUT2D eigenvalue weighted by Crippen LogP contribution is -2.74. The molecule has 0 bridgehead atoms. The van der Waals surface area contributed by atoms with Crippen LogP contribution in [-0.2, 0) is 9.53 Å². The van der Waals surface area contributed by atoms with Crippen LogP contribution in [0.15, 0.2) is 29.6 Å². The van der Waals surface area contributed by atoms with E-state index in [2.05, 4.69) is 4.74 Å². The van der Waals surface area contributed by atoms with E-state index in [0.717, 1.165) is 10.7 Å². The summed E-state index contributed by atoms with van der Waals surface area (Å²) in [5, 5.41) is 0.629. The number of anilines is 1. The molecular weight excluding hydrogens is 698 g/mol. The van der Waals surface area contributed by atoms with Crippen LogP contribution >= 0.6 is 22.9 Å². The third-order valence-electron chi connectivity index (χ3n) is 5.60. The maximum atomic E-state index is 14.4. The van der Waals surface area contributed by atoms with Gasteiger partial charge in [0.05, 0.1) is 6.61 Å². The zero-order chi connectivity index (χ0) is 34.5. The molecule has 0 radical (unpaired) electrons. The summed E-state index contributed by atoms with van der Waals surface area (Å²) in [5.74, 6) is -62.2. The molecule has 44 heavy (non-hydrogen) atoms. The lowest BCUT2D eigenvalue weighted by molar-refractivity contribution is -0.443. The number of nitrogens with one attached hydrogen (secondary N) is 1. The van der Waals surface area contributed by atoms with Crippen LogP contribution in [0.1, 0.15) is 17.3 Å². The van der Waals surface area contributed by atoms with Crippen molar-refractivity contribution < 1.29 is 84.6 Å². The van der Waals surface area contributed by atoms with Gasteiger partial charge < -0.3 is 10.1 Å². The van der Waals surface area contributed by atoms with Gasteiger partial charge in [-0.05, 0) is 24.6 Å². The molecule has 1 heterocycles. The number of alkyl halides is 16. The van der Waals surface area contributed by atoms with Crippen LogP contribution in [0.3, 0.4) is 0 Å². The Morgan fingerprint density at radius 3 is 1.70 bits per heavy atom. The van der Waals surface area contributed by atoms with E-state index in [9.17, 15) is 79.8 Å². The van der Waals surface area contributed by atoms with Gasteiger partial charge in [0.2, 0.25) is 0 Å². The Morgan fingerprint density at radius 2 is 1.25 bits per heavy atom. The van der Waals surface area contributed by atoms with Gasteiger partial charge in [0, 0.05) is 16.0 Å². The number of hydrogen-bond acceptors (Lipinski definition) is 4. The van der Waals surface area contributed by atoms with Crippen LogP contribution < -0.4 is 5.32 Å². The molecule has 2 rings (SSSR count). The molecular formula is C22H12ClF16NO3S. The zero-order valence-electron chi connectivity index (χ0n) is 20.7. The fourth-order valence-corrected chi connectivity index (χ4v) is 4.24. The fraction of sp³-hybridized carbons (Fsp3) is 0.455. The molecule has 2 aromatic rings. The van der Waals surface area contributed by atoms with Crippen molar-refractivity contribution in [2.75, 3.05) is 11.9 Å². The first-order valence-electron chi connectivity index (χ1n) is 11.0. The molecule has 1 aromatic heterocycles. The van der Waals surface area contributed by atoms with E-state index in [1.54, 1.807) is 0 Å². The number of thiophene rings is 1. The maximum absolute atomic E-state index is 14.4. The molecule has 0 unspecified atom stereocenters. The number of esters is 1. The molecule has 4 nitrogen and oxygen atoms in total. The fourth-order valence-electron chi connectivity index (χ4n) is 3.16. The summed E-state index contributed by atoms with van der Waals surface area (Å²) < 4.78 is 222. The molecule has 1 N–H and O–H groups in total. The standard InChI is InChI=1S/C22H12ClF16NO3S/c1-2-43-13(41)11-10(8-3-5-9(23)6-4-8)7-44-12(11)40-15(42)17(28,29)19(32,33)21(36,37)22(38,39)20(34,35)18(30,31)16(26,27)14(24)25/h3-7,14H,2H2,1H3,(H,40,42). The largest absolute Gasteiger partial charge is 0.462 e. The first-order chi connectivity index (χ1) is 19.7. The Hall–Kier alpha value is -2.97. The average molecular weight is 710 g/mol. The third-order valence-corrected chi connectivity index (χ3v) is 6.75. The Bertz CT molecular complexity index is 1380. The molecule has 22 heteroatoms. The number of carbonyl (C=O) groups excluding carboxylic acids is 2. The van der Waals surface area contributed by atoms with E-state index >= 15 is 0 Å². The van der Waals surface area contributed by atoms with E-state index in [1.165, 1.54) is 31.2 Å². The molecule has 248 valence electrons. The van der Waals surface area contributed by atoms with Crippen LogP contribution in [0, 0.1) is 0 Å². The topological polar surface area (TPSA) is 55.4 Å². The highest BCUT2D eigenvalue weighted by Crippen LogP contribution is 2.63. The van der Waals surface area contributed by atoms with Gasteiger partial charge in [-0.2, -0.15) is 61.5 Å². The second-order valence-corrected chi connectivity index (χ2v) is 9.72.